The molecule has 0 aliphatic carbocycles. The molecule has 1 aliphatic rings. The molecule has 1 heterocycles. The van der Waals surface area contributed by atoms with Crippen molar-refractivity contribution in [1.29, 1.82) is 5.26 Å². The molecule has 0 spiro atoms. The SMILES string of the molecule is CC(C)OC(=O)C(C#N)=Cc1cc(Cl)c2c(c1)OCCCO2. The first-order valence-electron chi connectivity index (χ1n) is 6.93. The molecule has 0 N–H and O–H groups in total. The molecule has 116 valence electrons. The molecule has 0 fully saturated rings. The van der Waals surface area contributed by atoms with Gasteiger partial charge in [0.15, 0.2) is 11.5 Å². The lowest BCUT2D eigenvalue weighted by Crippen LogP contribution is -2.12. The van der Waals surface area contributed by atoms with Crippen molar-refractivity contribution < 1.29 is 19.0 Å². The first-order chi connectivity index (χ1) is 10.5. The van der Waals surface area contributed by atoms with Gasteiger partial charge in [-0.25, -0.2) is 4.79 Å². The molecule has 0 amide bonds. The van der Waals surface area contributed by atoms with Gasteiger partial charge in [0.1, 0.15) is 11.6 Å². The molecule has 0 radical (unpaired) electrons. The maximum Gasteiger partial charge on any atom is 0.349 e. The number of hydrogen-bond donors (Lipinski definition) is 0. The topological polar surface area (TPSA) is 68.6 Å². The number of hydrogen-bond acceptors (Lipinski definition) is 5. The molecule has 0 bridgehead atoms. The monoisotopic (exact) mass is 321 g/mol. The van der Waals surface area contributed by atoms with Gasteiger partial charge in [-0.3, -0.25) is 0 Å². The third-order valence-corrected chi connectivity index (χ3v) is 3.10. The number of fused-ring (bicyclic) bond motifs is 1. The third kappa shape index (κ3) is 3.92. The van der Waals surface area contributed by atoms with Gasteiger partial charge in [0.25, 0.3) is 0 Å². The Labute approximate surface area is 134 Å². The highest BCUT2D eigenvalue weighted by Gasteiger charge is 2.17. The molecule has 2 rings (SSSR count). The summed E-state index contributed by atoms with van der Waals surface area (Å²) in [7, 11) is 0. The summed E-state index contributed by atoms with van der Waals surface area (Å²) in [6.07, 6.45) is 1.89. The molecular formula is C16H16ClNO4. The van der Waals surface area contributed by atoms with E-state index in [0.29, 0.717) is 35.3 Å². The van der Waals surface area contributed by atoms with Crippen molar-refractivity contribution in [2.45, 2.75) is 26.4 Å². The Hall–Kier alpha value is -2.19. The summed E-state index contributed by atoms with van der Waals surface area (Å²) in [4.78, 5) is 11.8. The molecule has 1 aliphatic heterocycles. The number of ether oxygens (including phenoxy) is 3. The Kier molecular flexibility index (Phi) is 5.29. The Balaban J connectivity index is 2.34. The number of esters is 1. The van der Waals surface area contributed by atoms with Crippen LogP contribution in [-0.4, -0.2) is 25.3 Å². The molecule has 0 saturated carbocycles. The zero-order valence-electron chi connectivity index (χ0n) is 12.4. The molecule has 5 nitrogen and oxygen atoms in total. The summed E-state index contributed by atoms with van der Waals surface area (Å²) in [5.74, 6) is 0.325. The Morgan fingerprint density at radius 2 is 2.14 bits per heavy atom. The number of rotatable bonds is 3. The van der Waals surface area contributed by atoms with Crippen molar-refractivity contribution >= 4 is 23.6 Å². The van der Waals surface area contributed by atoms with Crippen LogP contribution in [0.25, 0.3) is 6.08 Å². The fraction of sp³-hybridized carbons (Fsp3) is 0.375. The zero-order chi connectivity index (χ0) is 16.1. The molecule has 1 aromatic carbocycles. The highest BCUT2D eigenvalue weighted by molar-refractivity contribution is 6.32. The Morgan fingerprint density at radius 1 is 1.41 bits per heavy atom. The minimum Gasteiger partial charge on any atom is -0.489 e. The summed E-state index contributed by atoms with van der Waals surface area (Å²) in [5, 5.41) is 9.49. The van der Waals surface area contributed by atoms with Crippen molar-refractivity contribution in [2.75, 3.05) is 13.2 Å². The standard InChI is InChI=1S/C16H16ClNO4/c1-10(2)22-16(19)12(9-18)6-11-7-13(17)15-14(8-11)20-4-3-5-21-15/h6-8,10H,3-5H2,1-2H3. The van der Waals surface area contributed by atoms with Gasteiger partial charge in [0.05, 0.1) is 24.3 Å². The van der Waals surface area contributed by atoms with Crippen LogP contribution in [0.1, 0.15) is 25.8 Å². The second-order valence-corrected chi connectivity index (χ2v) is 5.41. The maximum absolute atomic E-state index is 11.8. The van der Waals surface area contributed by atoms with Gasteiger partial charge in [0, 0.05) is 6.42 Å². The largest absolute Gasteiger partial charge is 0.489 e. The molecule has 1 aromatic rings. The van der Waals surface area contributed by atoms with E-state index < -0.39 is 5.97 Å². The number of halogens is 1. The summed E-state index contributed by atoms with van der Waals surface area (Å²) in [5.41, 5.74) is 0.478. The fourth-order valence-electron chi connectivity index (χ4n) is 1.92. The van der Waals surface area contributed by atoms with Crippen LogP contribution in [0.5, 0.6) is 11.5 Å². The number of nitrogens with zero attached hydrogens (tertiary/aromatic N) is 1. The Bertz CT molecular complexity index is 646. The first-order valence-corrected chi connectivity index (χ1v) is 7.31. The van der Waals surface area contributed by atoms with Gasteiger partial charge in [-0.1, -0.05) is 11.6 Å². The lowest BCUT2D eigenvalue weighted by Gasteiger charge is -2.10. The van der Waals surface area contributed by atoms with Gasteiger partial charge < -0.3 is 14.2 Å². The average molecular weight is 322 g/mol. The summed E-state index contributed by atoms with van der Waals surface area (Å²) >= 11 is 6.18. The number of carbonyl (C=O) groups is 1. The van der Waals surface area contributed by atoms with E-state index in [1.165, 1.54) is 6.08 Å². The van der Waals surface area contributed by atoms with E-state index in [9.17, 15) is 4.79 Å². The fourth-order valence-corrected chi connectivity index (χ4v) is 2.19. The van der Waals surface area contributed by atoms with Crippen LogP contribution < -0.4 is 9.47 Å². The Morgan fingerprint density at radius 3 is 2.82 bits per heavy atom. The number of benzene rings is 1. The van der Waals surface area contributed by atoms with Crippen LogP contribution in [0.2, 0.25) is 5.02 Å². The van der Waals surface area contributed by atoms with Gasteiger partial charge >= 0.3 is 5.97 Å². The van der Waals surface area contributed by atoms with E-state index in [2.05, 4.69) is 0 Å². The van der Waals surface area contributed by atoms with Gasteiger partial charge in [-0.2, -0.15) is 5.26 Å². The highest BCUT2D eigenvalue weighted by Crippen LogP contribution is 2.38. The van der Waals surface area contributed by atoms with Crippen LogP contribution in [0.15, 0.2) is 17.7 Å². The highest BCUT2D eigenvalue weighted by atomic mass is 35.5. The van der Waals surface area contributed by atoms with E-state index in [1.807, 2.05) is 6.07 Å². The van der Waals surface area contributed by atoms with Crippen LogP contribution in [0.4, 0.5) is 0 Å². The number of carbonyl (C=O) groups excluding carboxylic acids is 1. The van der Waals surface area contributed by atoms with Crippen molar-refractivity contribution in [3.63, 3.8) is 0 Å². The first kappa shape index (κ1) is 16.2. The molecule has 22 heavy (non-hydrogen) atoms. The predicted octanol–water partition coefficient (Wildman–Crippen LogP) is 3.36. The van der Waals surface area contributed by atoms with E-state index in [4.69, 9.17) is 31.1 Å². The van der Waals surface area contributed by atoms with E-state index in [1.54, 1.807) is 26.0 Å². The lowest BCUT2D eigenvalue weighted by atomic mass is 10.1. The van der Waals surface area contributed by atoms with Crippen LogP contribution in [0, 0.1) is 11.3 Å². The molecule has 6 heteroatoms. The smallest absolute Gasteiger partial charge is 0.349 e. The summed E-state index contributed by atoms with van der Waals surface area (Å²) < 4.78 is 16.1. The molecule has 0 atom stereocenters. The average Bonchev–Trinajstić information content (AvgIpc) is 2.69. The van der Waals surface area contributed by atoms with Crippen LogP contribution in [-0.2, 0) is 9.53 Å². The summed E-state index contributed by atoms with van der Waals surface area (Å²) in [6.45, 7) is 4.50. The van der Waals surface area contributed by atoms with Crippen molar-refractivity contribution in [1.82, 2.24) is 0 Å². The maximum atomic E-state index is 11.8. The van der Waals surface area contributed by atoms with Gasteiger partial charge in [-0.05, 0) is 37.6 Å². The van der Waals surface area contributed by atoms with E-state index in [0.717, 1.165) is 6.42 Å². The molecular weight excluding hydrogens is 306 g/mol. The minimum atomic E-state index is -0.666. The van der Waals surface area contributed by atoms with E-state index >= 15 is 0 Å². The number of nitriles is 1. The quantitative estimate of drug-likeness (QED) is 0.485. The second-order valence-electron chi connectivity index (χ2n) is 5.00. The molecule has 0 saturated heterocycles. The normalized spacial score (nSPS) is 14.2. The molecule has 0 aromatic heterocycles. The van der Waals surface area contributed by atoms with Crippen molar-refractivity contribution in [2.24, 2.45) is 0 Å². The van der Waals surface area contributed by atoms with Crippen molar-refractivity contribution in [3.8, 4) is 17.6 Å². The van der Waals surface area contributed by atoms with Gasteiger partial charge in [0.2, 0.25) is 0 Å². The summed E-state index contributed by atoms with van der Waals surface area (Å²) in [6, 6.07) is 5.15. The minimum absolute atomic E-state index is 0.0979. The van der Waals surface area contributed by atoms with Gasteiger partial charge in [-0.15, -0.1) is 0 Å². The third-order valence-electron chi connectivity index (χ3n) is 2.82. The lowest BCUT2D eigenvalue weighted by molar-refractivity contribution is -0.142. The van der Waals surface area contributed by atoms with E-state index in [-0.39, 0.29) is 11.7 Å². The van der Waals surface area contributed by atoms with Crippen LogP contribution >= 0.6 is 11.6 Å². The molecule has 0 unspecified atom stereocenters. The zero-order valence-corrected chi connectivity index (χ0v) is 13.1. The van der Waals surface area contributed by atoms with Crippen molar-refractivity contribution in [3.05, 3.63) is 28.3 Å². The predicted molar refractivity (Wildman–Crippen MR) is 81.9 cm³/mol. The second kappa shape index (κ2) is 7.19. The van der Waals surface area contributed by atoms with Crippen LogP contribution in [0.3, 0.4) is 0 Å².